The topological polar surface area (TPSA) is 55.1 Å². The zero-order valence-corrected chi connectivity index (χ0v) is 9.57. The van der Waals surface area contributed by atoms with Crippen molar-refractivity contribution in [3.63, 3.8) is 0 Å². The molecule has 0 heterocycles. The second-order valence-corrected chi connectivity index (χ2v) is 4.50. The van der Waals surface area contributed by atoms with E-state index >= 15 is 0 Å². The molecule has 1 aliphatic carbocycles. The lowest BCUT2D eigenvalue weighted by Crippen LogP contribution is -2.33. The maximum atomic E-state index is 11.8. The fourth-order valence-electron chi connectivity index (χ4n) is 1.80. The molecule has 0 radical (unpaired) electrons. The predicted molar refractivity (Wildman–Crippen MR) is 64.0 cm³/mol. The molecule has 3 heteroatoms. The van der Waals surface area contributed by atoms with Gasteiger partial charge in [-0.1, -0.05) is 12.1 Å². The summed E-state index contributed by atoms with van der Waals surface area (Å²) < 4.78 is 0. The number of amides is 1. The Morgan fingerprint density at radius 3 is 2.56 bits per heavy atom. The number of hydrogen-bond acceptors (Lipinski definition) is 2. The van der Waals surface area contributed by atoms with Crippen LogP contribution in [0.2, 0.25) is 0 Å². The van der Waals surface area contributed by atoms with Crippen LogP contribution in [0, 0.1) is 5.92 Å². The van der Waals surface area contributed by atoms with Crippen LogP contribution in [0.5, 0.6) is 0 Å². The molecule has 1 atom stereocenters. The molecule has 1 aromatic rings. The van der Waals surface area contributed by atoms with Gasteiger partial charge in [0.05, 0.1) is 0 Å². The zero-order valence-electron chi connectivity index (χ0n) is 9.57. The van der Waals surface area contributed by atoms with Gasteiger partial charge in [-0.2, -0.15) is 0 Å². The van der Waals surface area contributed by atoms with Crippen molar-refractivity contribution in [1.29, 1.82) is 0 Å². The van der Waals surface area contributed by atoms with E-state index in [4.69, 9.17) is 5.73 Å². The second-order valence-electron chi connectivity index (χ2n) is 4.50. The SMILES string of the molecule is CC(NC(=O)c1ccc(CN)cc1)C1CC1. The normalized spacial score (nSPS) is 16.9. The van der Waals surface area contributed by atoms with Crippen molar-refractivity contribution in [2.45, 2.75) is 32.4 Å². The quantitative estimate of drug-likeness (QED) is 0.807. The number of carbonyl (C=O) groups excluding carboxylic acids is 1. The minimum atomic E-state index is 0.0166. The van der Waals surface area contributed by atoms with Gasteiger partial charge in [0, 0.05) is 18.2 Å². The molecule has 0 saturated heterocycles. The summed E-state index contributed by atoms with van der Waals surface area (Å²) in [6.07, 6.45) is 2.49. The summed E-state index contributed by atoms with van der Waals surface area (Å²) in [5, 5.41) is 3.03. The van der Waals surface area contributed by atoms with Crippen molar-refractivity contribution >= 4 is 5.91 Å². The lowest BCUT2D eigenvalue weighted by Gasteiger charge is -2.12. The van der Waals surface area contributed by atoms with Gasteiger partial charge >= 0.3 is 0 Å². The summed E-state index contributed by atoms with van der Waals surface area (Å²) in [4.78, 5) is 11.8. The van der Waals surface area contributed by atoms with Gasteiger partial charge in [-0.3, -0.25) is 4.79 Å². The van der Waals surface area contributed by atoms with Crippen LogP contribution >= 0.6 is 0 Å². The Kier molecular flexibility index (Phi) is 3.25. The molecule has 86 valence electrons. The van der Waals surface area contributed by atoms with Crippen molar-refractivity contribution < 1.29 is 4.79 Å². The molecular formula is C13H18N2O. The van der Waals surface area contributed by atoms with Gasteiger partial charge in [0.1, 0.15) is 0 Å². The molecule has 1 unspecified atom stereocenters. The molecule has 0 spiro atoms. The summed E-state index contributed by atoms with van der Waals surface area (Å²) in [7, 11) is 0. The molecule has 2 rings (SSSR count). The van der Waals surface area contributed by atoms with Gasteiger partial charge in [-0.15, -0.1) is 0 Å². The van der Waals surface area contributed by atoms with E-state index in [1.54, 1.807) is 0 Å². The molecule has 1 amide bonds. The second kappa shape index (κ2) is 4.66. The molecule has 16 heavy (non-hydrogen) atoms. The first-order valence-electron chi connectivity index (χ1n) is 5.80. The van der Waals surface area contributed by atoms with Crippen molar-refractivity contribution in [2.24, 2.45) is 11.7 Å². The van der Waals surface area contributed by atoms with Crippen molar-refractivity contribution in [2.75, 3.05) is 0 Å². The number of nitrogens with two attached hydrogens (primary N) is 1. The molecule has 0 bridgehead atoms. The highest BCUT2D eigenvalue weighted by atomic mass is 16.1. The molecule has 1 aliphatic rings. The van der Waals surface area contributed by atoms with E-state index in [0.717, 1.165) is 5.56 Å². The number of nitrogens with one attached hydrogen (secondary N) is 1. The van der Waals surface area contributed by atoms with Gasteiger partial charge in [0.25, 0.3) is 5.91 Å². The first-order valence-corrected chi connectivity index (χ1v) is 5.80. The van der Waals surface area contributed by atoms with E-state index in [-0.39, 0.29) is 5.91 Å². The van der Waals surface area contributed by atoms with E-state index in [2.05, 4.69) is 12.2 Å². The Balaban J connectivity index is 1.96. The Hall–Kier alpha value is -1.35. The first kappa shape index (κ1) is 11.1. The smallest absolute Gasteiger partial charge is 0.251 e. The molecule has 3 N–H and O–H groups in total. The lowest BCUT2D eigenvalue weighted by molar-refractivity contribution is 0.0936. The van der Waals surface area contributed by atoms with E-state index < -0.39 is 0 Å². The monoisotopic (exact) mass is 218 g/mol. The summed E-state index contributed by atoms with van der Waals surface area (Å²) in [5.41, 5.74) is 7.26. The van der Waals surface area contributed by atoms with Crippen molar-refractivity contribution in [1.82, 2.24) is 5.32 Å². The minimum Gasteiger partial charge on any atom is -0.349 e. The Bertz CT molecular complexity index is 368. The average molecular weight is 218 g/mol. The summed E-state index contributed by atoms with van der Waals surface area (Å²) in [5.74, 6) is 0.704. The standard InChI is InChI=1S/C13H18N2O/c1-9(11-6-7-11)15-13(16)12-4-2-10(8-14)3-5-12/h2-5,9,11H,6-8,14H2,1H3,(H,15,16). The van der Waals surface area contributed by atoms with Crippen LogP contribution in [0.1, 0.15) is 35.7 Å². The van der Waals surface area contributed by atoms with Crippen LogP contribution in [-0.2, 0) is 6.54 Å². The van der Waals surface area contributed by atoms with Crippen LogP contribution in [-0.4, -0.2) is 11.9 Å². The van der Waals surface area contributed by atoms with Gasteiger partial charge < -0.3 is 11.1 Å². The van der Waals surface area contributed by atoms with Gasteiger partial charge in [0.2, 0.25) is 0 Å². The Morgan fingerprint density at radius 1 is 1.44 bits per heavy atom. The van der Waals surface area contributed by atoms with Crippen LogP contribution in [0.25, 0.3) is 0 Å². The molecule has 0 aromatic heterocycles. The predicted octanol–water partition coefficient (Wildman–Crippen LogP) is 1.67. The maximum Gasteiger partial charge on any atom is 0.251 e. The summed E-state index contributed by atoms with van der Waals surface area (Å²) in [6.45, 7) is 2.59. The third-order valence-electron chi connectivity index (χ3n) is 3.14. The largest absolute Gasteiger partial charge is 0.349 e. The summed E-state index contributed by atoms with van der Waals surface area (Å²) >= 11 is 0. The van der Waals surface area contributed by atoms with E-state index in [9.17, 15) is 4.79 Å². The van der Waals surface area contributed by atoms with Crippen LogP contribution < -0.4 is 11.1 Å². The fraction of sp³-hybridized carbons (Fsp3) is 0.462. The van der Waals surface area contributed by atoms with Crippen molar-refractivity contribution in [3.05, 3.63) is 35.4 Å². The van der Waals surface area contributed by atoms with E-state index in [1.165, 1.54) is 12.8 Å². The molecule has 1 fully saturated rings. The van der Waals surface area contributed by atoms with Gasteiger partial charge in [0.15, 0.2) is 0 Å². The Morgan fingerprint density at radius 2 is 2.06 bits per heavy atom. The molecule has 0 aliphatic heterocycles. The molecular weight excluding hydrogens is 200 g/mol. The number of hydrogen-bond donors (Lipinski definition) is 2. The van der Waals surface area contributed by atoms with Crippen molar-refractivity contribution in [3.8, 4) is 0 Å². The van der Waals surface area contributed by atoms with E-state index in [0.29, 0.717) is 24.1 Å². The highest BCUT2D eigenvalue weighted by molar-refractivity contribution is 5.94. The average Bonchev–Trinajstić information content (AvgIpc) is 3.13. The van der Waals surface area contributed by atoms with Gasteiger partial charge in [-0.05, 0) is 43.4 Å². The van der Waals surface area contributed by atoms with Crippen LogP contribution in [0.15, 0.2) is 24.3 Å². The zero-order chi connectivity index (χ0) is 11.5. The minimum absolute atomic E-state index is 0.0166. The first-order chi connectivity index (χ1) is 7.70. The number of rotatable bonds is 4. The lowest BCUT2D eigenvalue weighted by atomic mass is 10.1. The molecule has 1 aromatic carbocycles. The highest BCUT2D eigenvalue weighted by Crippen LogP contribution is 2.32. The molecule has 3 nitrogen and oxygen atoms in total. The van der Waals surface area contributed by atoms with Gasteiger partial charge in [-0.25, -0.2) is 0 Å². The number of benzene rings is 1. The number of carbonyl (C=O) groups is 1. The fourth-order valence-corrected chi connectivity index (χ4v) is 1.80. The maximum absolute atomic E-state index is 11.8. The van der Waals surface area contributed by atoms with Crippen LogP contribution in [0.4, 0.5) is 0 Å². The Labute approximate surface area is 96.0 Å². The molecule has 1 saturated carbocycles. The van der Waals surface area contributed by atoms with E-state index in [1.807, 2.05) is 24.3 Å². The third kappa shape index (κ3) is 2.61. The third-order valence-corrected chi connectivity index (χ3v) is 3.14. The van der Waals surface area contributed by atoms with Crippen LogP contribution in [0.3, 0.4) is 0 Å². The summed E-state index contributed by atoms with van der Waals surface area (Å²) in [6, 6.07) is 7.75. The highest BCUT2D eigenvalue weighted by Gasteiger charge is 2.28.